The van der Waals surface area contributed by atoms with Crippen molar-refractivity contribution in [1.82, 2.24) is 15.1 Å². The highest BCUT2D eigenvalue weighted by Gasteiger charge is 2.21. The molecule has 1 aromatic heterocycles. The standard InChI is InChI=1S/C20H26ClN3O3/c1-12(2)13(3)22-18(25)11-27-20(26)19-14(4)23-24(15(19)5)10-16-8-6-7-9-17(16)21/h6-9,12-13H,10-11H2,1-5H3,(H,22,25)/t13-/m0/s1. The zero-order chi connectivity index (χ0) is 20.1. The van der Waals surface area contributed by atoms with Gasteiger partial charge in [0.2, 0.25) is 0 Å². The maximum atomic E-state index is 12.5. The first-order valence-corrected chi connectivity index (χ1v) is 9.32. The highest BCUT2D eigenvalue weighted by Crippen LogP contribution is 2.20. The van der Waals surface area contributed by atoms with E-state index >= 15 is 0 Å². The monoisotopic (exact) mass is 391 g/mol. The van der Waals surface area contributed by atoms with Crippen LogP contribution >= 0.6 is 11.6 Å². The molecule has 2 aromatic rings. The summed E-state index contributed by atoms with van der Waals surface area (Å²) in [5.41, 5.74) is 2.52. The third-order valence-electron chi connectivity index (χ3n) is 4.59. The van der Waals surface area contributed by atoms with E-state index in [0.29, 0.717) is 34.4 Å². The Morgan fingerprint density at radius 2 is 1.89 bits per heavy atom. The van der Waals surface area contributed by atoms with Crippen molar-refractivity contribution in [3.8, 4) is 0 Å². The molecule has 0 aliphatic carbocycles. The highest BCUT2D eigenvalue weighted by atomic mass is 35.5. The van der Waals surface area contributed by atoms with E-state index in [-0.39, 0.29) is 18.6 Å². The van der Waals surface area contributed by atoms with Gasteiger partial charge in [0.1, 0.15) is 5.56 Å². The van der Waals surface area contributed by atoms with Gasteiger partial charge in [-0.15, -0.1) is 0 Å². The fraction of sp³-hybridized carbons (Fsp3) is 0.450. The molecule has 1 amide bonds. The Kier molecular flexibility index (Phi) is 7.02. The quantitative estimate of drug-likeness (QED) is 0.733. The third-order valence-corrected chi connectivity index (χ3v) is 4.96. The largest absolute Gasteiger partial charge is 0.452 e. The second-order valence-electron chi connectivity index (χ2n) is 6.97. The molecule has 6 nitrogen and oxygen atoms in total. The summed E-state index contributed by atoms with van der Waals surface area (Å²) in [5.74, 6) is -0.566. The van der Waals surface area contributed by atoms with Crippen LogP contribution in [0, 0.1) is 19.8 Å². The molecule has 0 unspecified atom stereocenters. The van der Waals surface area contributed by atoms with Crippen molar-refractivity contribution in [1.29, 1.82) is 0 Å². The number of halogens is 1. The Labute approximate surface area is 164 Å². The number of nitrogens with one attached hydrogen (secondary N) is 1. The van der Waals surface area contributed by atoms with Crippen LogP contribution in [0.5, 0.6) is 0 Å². The van der Waals surface area contributed by atoms with Crippen LogP contribution in [0.4, 0.5) is 0 Å². The Morgan fingerprint density at radius 3 is 2.52 bits per heavy atom. The molecule has 1 heterocycles. The van der Waals surface area contributed by atoms with Gasteiger partial charge in [-0.3, -0.25) is 9.48 Å². The lowest BCUT2D eigenvalue weighted by Crippen LogP contribution is -2.38. The molecule has 0 aliphatic heterocycles. The van der Waals surface area contributed by atoms with Crippen LogP contribution < -0.4 is 5.32 Å². The van der Waals surface area contributed by atoms with E-state index in [9.17, 15) is 9.59 Å². The average molecular weight is 392 g/mol. The van der Waals surface area contributed by atoms with E-state index in [0.717, 1.165) is 5.56 Å². The van der Waals surface area contributed by atoms with Crippen LogP contribution in [0.1, 0.15) is 48.1 Å². The van der Waals surface area contributed by atoms with Gasteiger partial charge in [-0.1, -0.05) is 43.6 Å². The lowest BCUT2D eigenvalue weighted by molar-refractivity contribution is -0.125. The number of nitrogens with zero attached hydrogens (tertiary/aromatic N) is 2. The van der Waals surface area contributed by atoms with E-state index < -0.39 is 5.97 Å². The molecule has 7 heteroatoms. The van der Waals surface area contributed by atoms with Crippen molar-refractivity contribution in [2.24, 2.45) is 5.92 Å². The number of esters is 1. The lowest BCUT2D eigenvalue weighted by atomic mass is 10.1. The van der Waals surface area contributed by atoms with Gasteiger partial charge < -0.3 is 10.1 Å². The second-order valence-corrected chi connectivity index (χ2v) is 7.38. The molecule has 1 atom stereocenters. The summed E-state index contributed by atoms with van der Waals surface area (Å²) in [5, 5.41) is 7.87. The van der Waals surface area contributed by atoms with E-state index in [1.807, 2.05) is 45.0 Å². The first kappa shape index (κ1) is 21.0. The van der Waals surface area contributed by atoms with Gasteiger partial charge in [-0.05, 0) is 38.3 Å². The number of rotatable bonds is 7. The summed E-state index contributed by atoms with van der Waals surface area (Å²) in [4.78, 5) is 24.4. The van der Waals surface area contributed by atoms with E-state index in [2.05, 4.69) is 10.4 Å². The number of amides is 1. The fourth-order valence-electron chi connectivity index (χ4n) is 2.60. The molecule has 1 aromatic carbocycles. The van der Waals surface area contributed by atoms with E-state index in [1.165, 1.54) is 0 Å². The van der Waals surface area contributed by atoms with Crippen LogP contribution in [0.3, 0.4) is 0 Å². The van der Waals surface area contributed by atoms with Crippen LogP contribution in [-0.4, -0.2) is 34.3 Å². The number of benzene rings is 1. The molecule has 27 heavy (non-hydrogen) atoms. The molecule has 146 valence electrons. The van der Waals surface area contributed by atoms with Crippen LogP contribution in [-0.2, 0) is 16.1 Å². The zero-order valence-electron chi connectivity index (χ0n) is 16.4. The summed E-state index contributed by atoms with van der Waals surface area (Å²) in [6, 6.07) is 7.50. The first-order chi connectivity index (χ1) is 12.7. The Hall–Kier alpha value is -2.34. The molecule has 0 spiro atoms. The van der Waals surface area contributed by atoms with Crippen molar-refractivity contribution in [3.05, 3.63) is 51.8 Å². The topological polar surface area (TPSA) is 73.2 Å². The van der Waals surface area contributed by atoms with Crippen LogP contribution in [0.15, 0.2) is 24.3 Å². The van der Waals surface area contributed by atoms with Gasteiger partial charge in [0.15, 0.2) is 6.61 Å². The van der Waals surface area contributed by atoms with Crippen molar-refractivity contribution >= 4 is 23.5 Å². The SMILES string of the molecule is Cc1nn(Cc2ccccc2Cl)c(C)c1C(=O)OCC(=O)N[C@@H](C)C(C)C. The number of aromatic nitrogens is 2. The molecular weight excluding hydrogens is 366 g/mol. The van der Waals surface area contributed by atoms with Gasteiger partial charge in [0.05, 0.1) is 17.9 Å². The van der Waals surface area contributed by atoms with Gasteiger partial charge in [0.25, 0.3) is 5.91 Å². The summed E-state index contributed by atoms with van der Waals surface area (Å²) >= 11 is 6.21. The van der Waals surface area contributed by atoms with Crippen LogP contribution in [0.25, 0.3) is 0 Å². The van der Waals surface area contributed by atoms with E-state index in [4.69, 9.17) is 16.3 Å². The van der Waals surface area contributed by atoms with Crippen molar-refractivity contribution in [2.45, 2.75) is 47.2 Å². The fourth-order valence-corrected chi connectivity index (χ4v) is 2.80. The van der Waals surface area contributed by atoms with E-state index in [1.54, 1.807) is 18.5 Å². The zero-order valence-corrected chi connectivity index (χ0v) is 17.1. The molecule has 0 fully saturated rings. The molecule has 0 radical (unpaired) electrons. The molecule has 0 bridgehead atoms. The molecule has 1 N–H and O–H groups in total. The predicted octanol–water partition coefficient (Wildman–Crippen LogP) is 3.52. The van der Waals surface area contributed by atoms with Crippen molar-refractivity contribution < 1.29 is 14.3 Å². The summed E-state index contributed by atoms with van der Waals surface area (Å²) < 4.78 is 6.91. The number of carbonyl (C=O) groups is 2. The van der Waals surface area contributed by atoms with Crippen molar-refractivity contribution in [2.75, 3.05) is 6.61 Å². The van der Waals surface area contributed by atoms with Crippen LogP contribution in [0.2, 0.25) is 5.02 Å². The summed E-state index contributed by atoms with van der Waals surface area (Å²) in [6.45, 7) is 9.62. The predicted molar refractivity (Wildman–Crippen MR) is 105 cm³/mol. The van der Waals surface area contributed by atoms with Gasteiger partial charge >= 0.3 is 5.97 Å². The normalized spacial score (nSPS) is 12.1. The number of ether oxygens (including phenoxy) is 1. The smallest absolute Gasteiger partial charge is 0.342 e. The molecule has 2 rings (SSSR count). The third kappa shape index (κ3) is 5.32. The average Bonchev–Trinajstić information content (AvgIpc) is 2.88. The Morgan fingerprint density at radius 1 is 1.22 bits per heavy atom. The maximum Gasteiger partial charge on any atom is 0.342 e. The second kappa shape index (κ2) is 9.04. The molecule has 0 saturated heterocycles. The molecule has 0 aliphatic rings. The summed E-state index contributed by atoms with van der Waals surface area (Å²) in [7, 11) is 0. The molecular formula is C20H26ClN3O3. The highest BCUT2D eigenvalue weighted by molar-refractivity contribution is 6.31. The Bertz CT molecular complexity index is 830. The van der Waals surface area contributed by atoms with Gasteiger partial charge in [-0.2, -0.15) is 5.10 Å². The number of hydrogen-bond acceptors (Lipinski definition) is 4. The maximum absolute atomic E-state index is 12.5. The minimum Gasteiger partial charge on any atom is -0.452 e. The lowest BCUT2D eigenvalue weighted by Gasteiger charge is -2.17. The number of hydrogen-bond donors (Lipinski definition) is 1. The minimum absolute atomic E-state index is 0.0121. The first-order valence-electron chi connectivity index (χ1n) is 8.94. The minimum atomic E-state index is -0.553. The van der Waals surface area contributed by atoms with Crippen molar-refractivity contribution in [3.63, 3.8) is 0 Å². The number of aryl methyl sites for hydroxylation is 1. The number of carbonyl (C=O) groups excluding carboxylic acids is 2. The van der Waals surface area contributed by atoms with Gasteiger partial charge in [0, 0.05) is 11.1 Å². The Balaban J connectivity index is 2.06. The molecule has 0 saturated carbocycles. The van der Waals surface area contributed by atoms with Gasteiger partial charge in [-0.25, -0.2) is 4.79 Å². The summed E-state index contributed by atoms with van der Waals surface area (Å²) in [6.07, 6.45) is 0.